The van der Waals surface area contributed by atoms with Gasteiger partial charge in [0.15, 0.2) is 17.0 Å². The number of hydrogen-bond acceptors (Lipinski definition) is 8. The van der Waals surface area contributed by atoms with Crippen molar-refractivity contribution in [2.24, 2.45) is 5.73 Å². The molecule has 0 bridgehead atoms. The number of aromatic nitrogens is 4. The fourth-order valence-electron chi connectivity index (χ4n) is 4.12. The summed E-state index contributed by atoms with van der Waals surface area (Å²) in [5.74, 6) is -0.186. The Hall–Kier alpha value is -3.37. The molecule has 0 radical (unpaired) electrons. The van der Waals surface area contributed by atoms with E-state index in [1.54, 1.807) is 30.6 Å². The zero-order valence-corrected chi connectivity index (χ0v) is 19.1. The smallest absolute Gasteiger partial charge is 0.320 e. The summed E-state index contributed by atoms with van der Waals surface area (Å²) in [5.41, 5.74) is 7.12. The van der Waals surface area contributed by atoms with Crippen molar-refractivity contribution in [3.8, 4) is 0 Å². The van der Waals surface area contributed by atoms with Crippen LogP contribution in [0.4, 0.5) is 5.82 Å². The molecule has 1 aliphatic rings. The number of nitrogens with one attached hydrogen (secondary N) is 1. The molecule has 10 nitrogen and oxygen atoms in total. The van der Waals surface area contributed by atoms with Gasteiger partial charge >= 0.3 is 5.97 Å². The number of carbonyl (C=O) groups is 2. The monoisotopic (exact) mass is 451 g/mol. The number of nitrogens with zero attached hydrogens (tertiary/aromatic N) is 5. The molecule has 1 saturated heterocycles. The molecule has 2 atom stereocenters. The van der Waals surface area contributed by atoms with E-state index in [1.807, 2.05) is 36.3 Å². The van der Waals surface area contributed by atoms with Gasteiger partial charge in [-0.3, -0.25) is 14.5 Å². The highest BCUT2D eigenvalue weighted by Crippen LogP contribution is 2.30. The van der Waals surface area contributed by atoms with Gasteiger partial charge in [-0.15, -0.1) is 0 Å². The van der Waals surface area contributed by atoms with E-state index in [1.165, 1.54) is 6.33 Å². The van der Waals surface area contributed by atoms with Crippen LogP contribution in [0.25, 0.3) is 11.2 Å². The summed E-state index contributed by atoms with van der Waals surface area (Å²) >= 11 is 0. The summed E-state index contributed by atoms with van der Waals surface area (Å²) in [7, 11) is 0. The van der Waals surface area contributed by atoms with E-state index in [0.29, 0.717) is 35.6 Å². The zero-order valence-electron chi connectivity index (χ0n) is 19.1. The number of carbonyl (C=O) groups excluding carboxylic acids is 2. The van der Waals surface area contributed by atoms with Crippen molar-refractivity contribution >= 4 is 28.9 Å². The molecule has 0 unspecified atom stereocenters. The average Bonchev–Trinajstić information content (AvgIpc) is 3.37. The summed E-state index contributed by atoms with van der Waals surface area (Å²) in [5, 5.41) is 2.82. The van der Waals surface area contributed by atoms with Crippen LogP contribution >= 0.6 is 0 Å². The van der Waals surface area contributed by atoms with E-state index < -0.39 is 5.60 Å². The van der Waals surface area contributed by atoms with Gasteiger partial charge in [0.05, 0.1) is 18.9 Å². The van der Waals surface area contributed by atoms with Crippen molar-refractivity contribution < 1.29 is 14.3 Å². The largest absolute Gasteiger partial charge is 0.459 e. The van der Waals surface area contributed by atoms with Gasteiger partial charge in [-0.2, -0.15) is 0 Å². The molecule has 0 aliphatic carbocycles. The number of benzene rings is 1. The Morgan fingerprint density at radius 3 is 2.64 bits per heavy atom. The summed E-state index contributed by atoms with van der Waals surface area (Å²) in [6.07, 6.45) is 3.86. The quantitative estimate of drug-likeness (QED) is 0.545. The number of ether oxygens (including phenoxy) is 1. The van der Waals surface area contributed by atoms with Crippen molar-refractivity contribution in [1.82, 2.24) is 24.4 Å². The topological polar surface area (TPSA) is 128 Å². The minimum atomic E-state index is -0.535. The Bertz CT molecular complexity index is 1140. The lowest BCUT2D eigenvalue weighted by atomic mass is 10.1. The molecule has 2 aromatic heterocycles. The van der Waals surface area contributed by atoms with Crippen molar-refractivity contribution in [2.45, 2.75) is 44.9 Å². The van der Waals surface area contributed by atoms with Crippen LogP contribution in [0.3, 0.4) is 0 Å². The molecule has 1 aliphatic heterocycles. The van der Waals surface area contributed by atoms with Crippen molar-refractivity contribution in [1.29, 1.82) is 0 Å². The molecular formula is C23H29N7O3. The van der Waals surface area contributed by atoms with Crippen LogP contribution in [-0.4, -0.2) is 67.6 Å². The Kier molecular flexibility index (Phi) is 6.39. The highest BCUT2D eigenvalue weighted by atomic mass is 16.6. The maximum atomic E-state index is 12.6. The van der Waals surface area contributed by atoms with Crippen LogP contribution in [0.5, 0.6) is 0 Å². The van der Waals surface area contributed by atoms with Gasteiger partial charge in [0.25, 0.3) is 5.91 Å². The molecule has 0 spiro atoms. The first-order chi connectivity index (χ1) is 15.7. The van der Waals surface area contributed by atoms with Crippen molar-refractivity contribution in [3.63, 3.8) is 0 Å². The lowest BCUT2D eigenvalue weighted by Gasteiger charge is -2.25. The van der Waals surface area contributed by atoms with Crippen LogP contribution in [0.1, 0.15) is 43.6 Å². The molecular weight excluding hydrogens is 422 g/mol. The second kappa shape index (κ2) is 9.24. The molecule has 33 heavy (non-hydrogen) atoms. The van der Waals surface area contributed by atoms with E-state index in [9.17, 15) is 9.59 Å². The number of rotatable bonds is 6. The normalized spacial score (nSPS) is 19.0. The van der Waals surface area contributed by atoms with Crippen LogP contribution in [0, 0.1) is 0 Å². The van der Waals surface area contributed by atoms with E-state index in [0.717, 1.165) is 6.42 Å². The number of esters is 1. The second-order valence-corrected chi connectivity index (χ2v) is 9.16. The highest BCUT2D eigenvalue weighted by Gasteiger charge is 2.35. The predicted octanol–water partition coefficient (Wildman–Crippen LogP) is 1.99. The molecule has 1 fully saturated rings. The second-order valence-electron chi connectivity index (χ2n) is 9.16. The summed E-state index contributed by atoms with van der Waals surface area (Å²) in [6, 6.07) is 8.99. The third kappa shape index (κ3) is 5.18. The molecule has 3 aromatic rings. The summed E-state index contributed by atoms with van der Waals surface area (Å²) in [6.45, 7) is 6.77. The van der Waals surface area contributed by atoms with E-state index in [2.05, 4.69) is 20.3 Å². The molecule has 174 valence electrons. The number of nitrogens with two attached hydrogens (primary N) is 1. The Morgan fingerprint density at radius 2 is 1.94 bits per heavy atom. The number of imidazole rings is 1. The third-order valence-electron chi connectivity index (χ3n) is 5.55. The molecule has 10 heteroatoms. The highest BCUT2D eigenvalue weighted by molar-refractivity contribution is 6.06. The summed E-state index contributed by atoms with van der Waals surface area (Å²) in [4.78, 5) is 40.1. The van der Waals surface area contributed by atoms with Gasteiger partial charge in [0, 0.05) is 24.7 Å². The average molecular weight is 452 g/mol. The van der Waals surface area contributed by atoms with E-state index in [4.69, 9.17) is 10.5 Å². The van der Waals surface area contributed by atoms with Crippen molar-refractivity contribution in [2.75, 3.05) is 25.0 Å². The number of hydrogen-bond donors (Lipinski definition) is 2. The van der Waals surface area contributed by atoms with Gasteiger partial charge in [-0.05, 0) is 39.3 Å². The molecule has 3 heterocycles. The number of anilines is 1. The molecule has 4 rings (SSSR count). The molecule has 1 aromatic carbocycles. The van der Waals surface area contributed by atoms with Crippen molar-refractivity contribution in [3.05, 3.63) is 48.5 Å². The minimum absolute atomic E-state index is 0.0264. The first kappa shape index (κ1) is 22.8. The fourth-order valence-corrected chi connectivity index (χ4v) is 4.12. The predicted molar refractivity (Wildman–Crippen MR) is 124 cm³/mol. The minimum Gasteiger partial charge on any atom is -0.459 e. The first-order valence-corrected chi connectivity index (χ1v) is 10.9. The van der Waals surface area contributed by atoms with E-state index >= 15 is 0 Å². The van der Waals surface area contributed by atoms with Crippen LogP contribution in [0.15, 0.2) is 43.0 Å². The SMILES string of the molecule is CC(C)(C)OC(=O)CN1C[C@H](n2cnc3c(NC(=O)c4ccccc4)ncnc32)C[C@@H]1CN. The Balaban J connectivity index is 1.52. The van der Waals surface area contributed by atoms with Gasteiger partial charge < -0.3 is 20.4 Å². The molecule has 1 amide bonds. The summed E-state index contributed by atoms with van der Waals surface area (Å²) < 4.78 is 7.44. The standard InChI is InChI=1S/C23H29N7O3/c1-23(2,3)33-18(31)12-29-11-17(9-16(29)10-24)30-14-27-19-20(25-13-26-21(19)30)28-22(32)15-7-5-4-6-8-15/h4-8,13-14,16-17H,9-12,24H2,1-3H3,(H,25,26,28,32)/t16-,17-/m1/s1. The third-order valence-corrected chi connectivity index (χ3v) is 5.55. The maximum absolute atomic E-state index is 12.6. The Labute approximate surface area is 192 Å². The van der Waals surface area contributed by atoms with Crippen LogP contribution < -0.4 is 11.1 Å². The Morgan fingerprint density at radius 1 is 1.18 bits per heavy atom. The van der Waals surface area contributed by atoms with Gasteiger partial charge in [0.1, 0.15) is 11.9 Å². The van der Waals surface area contributed by atoms with Gasteiger partial charge in [0.2, 0.25) is 0 Å². The number of fused-ring (bicyclic) bond motifs is 1. The van der Waals surface area contributed by atoms with E-state index in [-0.39, 0.29) is 30.5 Å². The van der Waals surface area contributed by atoms with Crippen LogP contribution in [0.2, 0.25) is 0 Å². The zero-order chi connectivity index (χ0) is 23.6. The maximum Gasteiger partial charge on any atom is 0.320 e. The van der Waals surface area contributed by atoms with Gasteiger partial charge in [-0.1, -0.05) is 18.2 Å². The molecule has 0 saturated carbocycles. The van der Waals surface area contributed by atoms with Gasteiger partial charge in [-0.25, -0.2) is 15.0 Å². The lowest BCUT2D eigenvalue weighted by molar-refractivity contribution is -0.156. The fraction of sp³-hybridized carbons (Fsp3) is 0.435. The first-order valence-electron chi connectivity index (χ1n) is 10.9. The van der Waals surface area contributed by atoms with Crippen LogP contribution in [-0.2, 0) is 9.53 Å². The number of amides is 1. The lowest BCUT2D eigenvalue weighted by Crippen LogP contribution is -2.41. The number of likely N-dealkylation sites (tertiary alicyclic amines) is 1. The molecule has 3 N–H and O–H groups in total.